The van der Waals surface area contributed by atoms with Crippen LogP contribution in [0.4, 0.5) is 0 Å². The van der Waals surface area contributed by atoms with Gasteiger partial charge in [-0.25, -0.2) is 0 Å². The Labute approximate surface area is 92.2 Å². The second-order valence-electron chi connectivity index (χ2n) is 3.95. The van der Waals surface area contributed by atoms with Crippen molar-refractivity contribution in [2.24, 2.45) is 0 Å². The molecule has 0 bridgehead atoms. The van der Waals surface area contributed by atoms with Crippen molar-refractivity contribution >= 4 is 0 Å². The van der Waals surface area contributed by atoms with Crippen molar-refractivity contribution in [3.05, 3.63) is 42.5 Å². The third-order valence-corrected chi connectivity index (χ3v) is 2.34. The molecular weight excluding hydrogens is 186 g/mol. The second kappa shape index (κ2) is 5.56. The first-order valence-corrected chi connectivity index (χ1v) is 5.11. The van der Waals surface area contributed by atoms with Crippen LogP contribution in [0.5, 0.6) is 5.75 Å². The Morgan fingerprint density at radius 2 is 1.93 bits per heavy atom. The molecule has 0 radical (unpaired) electrons. The summed E-state index contributed by atoms with van der Waals surface area (Å²) >= 11 is 0. The Morgan fingerprint density at radius 3 is 2.40 bits per heavy atom. The highest BCUT2D eigenvalue weighted by atomic mass is 16.5. The van der Waals surface area contributed by atoms with Gasteiger partial charge in [0.1, 0.15) is 12.4 Å². The molecule has 0 saturated heterocycles. The van der Waals surface area contributed by atoms with Crippen LogP contribution in [0.2, 0.25) is 0 Å². The lowest BCUT2D eigenvalue weighted by molar-refractivity contribution is 0.209. The van der Waals surface area contributed by atoms with Gasteiger partial charge in [-0.1, -0.05) is 30.4 Å². The predicted octanol–water partition coefficient (Wildman–Crippen LogP) is 2.57. The molecule has 2 heteroatoms. The van der Waals surface area contributed by atoms with Crippen LogP contribution in [0.3, 0.4) is 0 Å². The van der Waals surface area contributed by atoms with Crippen molar-refractivity contribution < 1.29 is 4.74 Å². The summed E-state index contributed by atoms with van der Waals surface area (Å²) in [6.45, 7) is 6.64. The summed E-state index contributed by atoms with van der Waals surface area (Å²) in [6.07, 6.45) is 0. The van der Waals surface area contributed by atoms with Crippen LogP contribution in [0, 0.1) is 0 Å². The highest BCUT2D eigenvalue weighted by molar-refractivity contribution is 5.21. The van der Waals surface area contributed by atoms with E-state index in [0.717, 1.165) is 11.3 Å². The summed E-state index contributed by atoms with van der Waals surface area (Å²) in [7, 11) is 4.07. The Kier molecular flexibility index (Phi) is 4.37. The molecule has 1 rings (SSSR count). The van der Waals surface area contributed by atoms with E-state index in [1.54, 1.807) is 0 Å². The molecule has 0 spiro atoms. The smallest absolute Gasteiger partial charge is 0.119 e. The highest BCUT2D eigenvalue weighted by Crippen LogP contribution is 2.11. The minimum absolute atomic E-state index is 0.269. The van der Waals surface area contributed by atoms with Crippen molar-refractivity contribution in [1.29, 1.82) is 0 Å². The van der Waals surface area contributed by atoms with Crippen LogP contribution in [0.15, 0.2) is 42.5 Å². The molecule has 0 heterocycles. The maximum Gasteiger partial charge on any atom is 0.119 e. The number of ether oxygens (including phenoxy) is 1. The molecule has 0 saturated carbocycles. The van der Waals surface area contributed by atoms with Crippen molar-refractivity contribution in [1.82, 2.24) is 4.90 Å². The van der Waals surface area contributed by atoms with Crippen molar-refractivity contribution in [2.45, 2.75) is 13.0 Å². The number of para-hydroxylation sites is 1. The van der Waals surface area contributed by atoms with Gasteiger partial charge in [0.15, 0.2) is 0 Å². The fourth-order valence-corrected chi connectivity index (χ4v) is 1.42. The molecule has 0 fully saturated rings. The Morgan fingerprint density at radius 1 is 1.33 bits per heavy atom. The standard InChI is InChI=1S/C13H19NO/c1-11(2)13(14(3)4)10-15-12-8-6-5-7-9-12/h5-9,13H,1,10H2,2-4H3. The maximum absolute atomic E-state index is 5.69. The lowest BCUT2D eigenvalue weighted by Crippen LogP contribution is -2.34. The minimum atomic E-state index is 0.269. The largest absolute Gasteiger partial charge is 0.492 e. The van der Waals surface area contributed by atoms with E-state index in [2.05, 4.69) is 11.5 Å². The van der Waals surface area contributed by atoms with Gasteiger partial charge in [0, 0.05) is 0 Å². The van der Waals surface area contributed by atoms with Gasteiger partial charge in [0.25, 0.3) is 0 Å². The molecule has 0 aliphatic carbocycles. The number of hydrogen-bond acceptors (Lipinski definition) is 2. The molecule has 0 amide bonds. The molecule has 0 aliphatic rings. The van der Waals surface area contributed by atoms with Crippen molar-refractivity contribution in [3.63, 3.8) is 0 Å². The van der Waals surface area contributed by atoms with Gasteiger partial charge in [0.05, 0.1) is 6.04 Å². The molecule has 1 atom stereocenters. The molecule has 2 nitrogen and oxygen atoms in total. The van der Waals surface area contributed by atoms with Crippen molar-refractivity contribution in [3.8, 4) is 5.75 Å². The SMILES string of the molecule is C=C(C)C(COc1ccccc1)N(C)C. The lowest BCUT2D eigenvalue weighted by Gasteiger charge is -2.24. The topological polar surface area (TPSA) is 12.5 Å². The van der Waals surface area contributed by atoms with Crippen LogP contribution in [0.1, 0.15) is 6.92 Å². The Hall–Kier alpha value is -1.28. The molecular formula is C13H19NO. The Balaban J connectivity index is 2.51. The zero-order valence-electron chi connectivity index (χ0n) is 9.73. The number of hydrogen-bond donors (Lipinski definition) is 0. The average Bonchev–Trinajstić information content (AvgIpc) is 2.18. The van der Waals surface area contributed by atoms with E-state index in [1.165, 1.54) is 0 Å². The first-order valence-electron chi connectivity index (χ1n) is 5.11. The van der Waals surface area contributed by atoms with E-state index >= 15 is 0 Å². The van der Waals surface area contributed by atoms with Gasteiger partial charge in [-0.2, -0.15) is 0 Å². The van der Waals surface area contributed by atoms with E-state index < -0.39 is 0 Å². The zero-order chi connectivity index (χ0) is 11.3. The molecule has 0 N–H and O–H groups in total. The van der Waals surface area contributed by atoms with Crippen LogP contribution in [-0.2, 0) is 0 Å². The summed E-state index contributed by atoms with van der Waals surface area (Å²) in [4.78, 5) is 2.12. The Bertz CT molecular complexity index is 306. The molecule has 1 unspecified atom stereocenters. The van der Waals surface area contributed by atoms with E-state index in [1.807, 2.05) is 51.4 Å². The highest BCUT2D eigenvalue weighted by Gasteiger charge is 2.12. The second-order valence-corrected chi connectivity index (χ2v) is 3.95. The number of nitrogens with zero attached hydrogens (tertiary/aromatic N) is 1. The fourth-order valence-electron chi connectivity index (χ4n) is 1.42. The first kappa shape index (κ1) is 11.8. The monoisotopic (exact) mass is 205 g/mol. The third-order valence-electron chi connectivity index (χ3n) is 2.34. The normalized spacial score (nSPS) is 12.5. The summed E-state index contributed by atoms with van der Waals surface area (Å²) in [6, 6.07) is 10.1. The van der Waals surface area contributed by atoms with Crippen LogP contribution in [-0.4, -0.2) is 31.6 Å². The fraction of sp³-hybridized carbons (Fsp3) is 0.385. The lowest BCUT2D eigenvalue weighted by atomic mass is 10.1. The summed E-state index contributed by atoms with van der Waals surface area (Å²) in [5.74, 6) is 0.908. The molecule has 0 aliphatic heterocycles. The van der Waals surface area contributed by atoms with Gasteiger partial charge in [0.2, 0.25) is 0 Å². The molecule has 1 aromatic rings. The van der Waals surface area contributed by atoms with E-state index in [-0.39, 0.29) is 6.04 Å². The van der Waals surface area contributed by atoms with Gasteiger partial charge in [-0.15, -0.1) is 0 Å². The van der Waals surface area contributed by atoms with E-state index in [9.17, 15) is 0 Å². The van der Waals surface area contributed by atoms with Crippen LogP contribution in [0.25, 0.3) is 0 Å². The summed E-state index contributed by atoms with van der Waals surface area (Å²) in [5.41, 5.74) is 1.12. The van der Waals surface area contributed by atoms with E-state index in [0.29, 0.717) is 6.61 Å². The molecule has 15 heavy (non-hydrogen) atoms. The number of rotatable bonds is 5. The van der Waals surface area contributed by atoms with E-state index in [4.69, 9.17) is 4.74 Å². The predicted molar refractivity (Wildman–Crippen MR) is 64.2 cm³/mol. The molecule has 82 valence electrons. The average molecular weight is 205 g/mol. The maximum atomic E-state index is 5.69. The van der Waals surface area contributed by atoms with Gasteiger partial charge in [-0.05, 0) is 33.2 Å². The van der Waals surface area contributed by atoms with Crippen LogP contribution < -0.4 is 4.74 Å². The summed E-state index contributed by atoms with van der Waals surface area (Å²) in [5, 5.41) is 0. The van der Waals surface area contributed by atoms with Gasteiger partial charge >= 0.3 is 0 Å². The van der Waals surface area contributed by atoms with Crippen LogP contribution >= 0.6 is 0 Å². The summed E-state index contributed by atoms with van der Waals surface area (Å²) < 4.78 is 5.69. The van der Waals surface area contributed by atoms with Gasteiger partial charge in [-0.3, -0.25) is 4.90 Å². The molecule has 1 aromatic carbocycles. The third kappa shape index (κ3) is 3.76. The van der Waals surface area contributed by atoms with Crippen molar-refractivity contribution in [2.75, 3.05) is 20.7 Å². The first-order chi connectivity index (χ1) is 7.11. The number of benzene rings is 1. The molecule has 0 aromatic heterocycles. The quantitative estimate of drug-likeness (QED) is 0.685. The number of likely N-dealkylation sites (N-methyl/N-ethyl adjacent to an activating group) is 1. The minimum Gasteiger partial charge on any atom is -0.492 e. The van der Waals surface area contributed by atoms with Gasteiger partial charge < -0.3 is 4.74 Å². The zero-order valence-corrected chi connectivity index (χ0v) is 9.73.